The van der Waals surface area contributed by atoms with Gasteiger partial charge in [0, 0.05) is 13.5 Å². The predicted molar refractivity (Wildman–Crippen MR) is 92.9 cm³/mol. The third-order valence-electron chi connectivity index (χ3n) is 4.65. The normalized spacial score (nSPS) is 18.4. The molecular formula is C17H30N2O9. The highest BCUT2D eigenvalue weighted by atomic mass is 17.1. The summed E-state index contributed by atoms with van der Waals surface area (Å²) in [6.45, 7) is 4.66. The summed E-state index contributed by atoms with van der Waals surface area (Å²) in [7, 11) is 0. The van der Waals surface area contributed by atoms with Crippen LogP contribution >= 0.6 is 0 Å². The average molecular weight is 406 g/mol. The Balaban J connectivity index is 2.52. The van der Waals surface area contributed by atoms with E-state index >= 15 is 0 Å². The van der Waals surface area contributed by atoms with Crippen molar-refractivity contribution in [1.29, 1.82) is 0 Å². The number of carboxylic acid groups (broad SMARTS) is 1. The van der Waals surface area contributed by atoms with Gasteiger partial charge in [0.2, 0.25) is 6.29 Å². The molecule has 0 aromatic carbocycles. The molecule has 1 saturated carbocycles. The van der Waals surface area contributed by atoms with Crippen molar-refractivity contribution in [2.24, 2.45) is 11.3 Å². The third kappa shape index (κ3) is 8.38. The van der Waals surface area contributed by atoms with Crippen LogP contribution in [0.5, 0.6) is 0 Å². The molecule has 2 atom stereocenters. The molecule has 0 heterocycles. The topological polar surface area (TPSA) is 155 Å². The van der Waals surface area contributed by atoms with E-state index in [4.69, 9.17) is 25.0 Å². The van der Waals surface area contributed by atoms with Crippen molar-refractivity contribution in [2.75, 3.05) is 6.54 Å². The Kier molecular flexibility index (Phi) is 9.59. The number of carboxylic acids is 1. The number of ether oxygens (including phenoxy) is 2. The van der Waals surface area contributed by atoms with Crippen LogP contribution in [0.25, 0.3) is 0 Å². The van der Waals surface area contributed by atoms with Crippen LogP contribution in [0.4, 0.5) is 4.79 Å². The van der Waals surface area contributed by atoms with Crippen molar-refractivity contribution in [1.82, 2.24) is 10.7 Å². The lowest BCUT2D eigenvalue weighted by atomic mass is 9.72. The molecule has 1 aliphatic rings. The summed E-state index contributed by atoms with van der Waals surface area (Å²) >= 11 is 0. The van der Waals surface area contributed by atoms with Gasteiger partial charge in [0.1, 0.15) is 0 Å². The van der Waals surface area contributed by atoms with Crippen molar-refractivity contribution >= 4 is 18.0 Å². The summed E-state index contributed by atoms with van der Waals surface area (Å²) in [6, 6.07) is 0. The highest BCUT2D eigenvalue weighted by Crippen LogP contribution is 2.38. The van der Waals surface area contributed by atoms with Gasteiger partial charge in [-0.3, -0.25) is 15.2 Å². The number of alkyl carbamates (subject to hydrolysis) is 1. The molecule has 1 fully saturated rings. The molecule has 28 heavy (non-hydrogen) atoms. The summed E-state index contributed by atoms with van der Waals surface area (Å²) in [5, 5.41) is 28.5. The molecule has 0 aromatic heterocycles. The lowest BCUT2D eigenvalue weighted by Crippen LogP contribution is -2.42. The SMILES string of the molecule is CC(OC(=O)NCC1(CC(=O)O)CCCCC1)OC(=O)[C@@H](ON(O)O)C(C)C. The largest absolute Gasteiger partial charge is 0.481 e. The second-order valence-electron chi connectivity index (χ2n) is 7.42. The van der Waals surface area contributed by atoms with Crippen LogP contribution in [0.1, 0.15) is 59.3 Å². The Bertz CT molecular complexity index is 533. The zero-order valence-corrected chi connectivity index (χ0v) is 16.4. The van der Waals surface area contributed by atoms with E-state index in [1.807, 2.05) is 0 Å². The van der Waals surface area contributed by atoms with Gasteiger partial charge in [-0.2, -0.15) is 0 Å². The number of nitrogens with one attached hydrogen (secondary N) is 1. The average Bonchev–Trinajstić information content (AvgIpc) is 2.57. The van der Waals surface area contributed by atoms with Gasteiger partial charge in [0.15, 0.2) is 6.10 Å². The number of carbonyl (C=O) groups is 3. The van der Waals surface area contributed by atoms with E-state index in [2.05, 4.69) is 10.2 Å². The Morgan fingerprint density at radius 3 is 2.18 bits per heavy atom. The molecule has 4 N–H and O–H groups in total. The first-order chi connectivity index (χ1) is 13.0. The van der Waals surface area contributed by atoms with Gasteiger partial charge in [-0.05, 0) is 24.2 Å². The molecule has 1 unspecified atom stereocenters. The molecule has 0 aliphatic heterocycles. The first-order valence-corrected chi connectivity index (χ1v) is 9.26. The maximum Gasteiger partial charge on any atom is 0.410 e. The molecular weight excluding hydrogens is 376 g/mol. The van der Waals surface area contributed by atoms with E-state index in [9.17, 15) is 14.4 Å². The Labute approximate surface area is 163 Å². The molecule has 1 amide bonds. The van der Waals surface area contributed by atoms with Crippen LogP contribution < -0.4 is 5.32 Å². The Hall–Kier alpha value is -1.95. The number of esters is 1. The number of hydrogen-bond donors (Lipinski definition) is 4. The second kappa shape index (κ2) is 11.1. The number of carbonyl (C=O) groups excluding carboxylic acids is 2. The molecule has 1 aliphatic carbocycles. The Morgan fingerprint density at radius 1 is 1.07 bits per heavy atom. The summed E-state index contributed by atoms with van der Waals surface area (Å²) in [6.07, 6.45) is 0.801. The number of aliphatic carboxylic acids is 1. The van der Waals surface area contributed by atoms with Gasteiger partial charge in [-0.1, -0.05) is 33.1 Å². The van der Waals surface area contributed by atoms with Crippen LogP contribution in [-0.4, -0.2) is 57.9 Å². The number of amides is 1. The van der Waals surface area contributed by atoms with E-state index in [1.165, 1.54) is 6.92 Å². The summed E-state index contributed by atoms with van der Waals surface area (Å²) in [5.74, 6) is -2.31. The van der Waals surface area contributed by atoms with E-state index < -0.39 is 47.1 Å². The molecule has 0 bridgehead atoms. The summed E-state index contributed by atoms with van der Waals surface area (Å²) < 4.78 is 9.90. The highest BCUT2D eigenvalue weighted by molar-refractivity contribution is 5.75. The van der Waals surface area contributed by atoms with E-state index in [0.29, 0.717) is 12.8 Å². The fourth-order valence-corrected chi connectivity index (χ4v) is 3.28. The van der Waals surface area contributed by atoms with Crippen LogP contribution in [0.15, 0.2) is 0 Å². The zero-order chi connectivity index (χ0) is 21.3. The zero-order valence-electron chi connectivity index (χ0n) is 16.4. The van der Waals surface area contributed by atoms with E-state index in [1.54, 1.807) is 13.8 Å². The fraction of sp³-hybridized carbons (Fsp3) is 0.824. The van der Waals surface area contributed by atoms with Crippen molar-refractivity contribution < 1.29 is 44.2 Å². The minimum Gasteiger partial charge on any atom is -0.481 e. The number of nitrogens with zero attached hydrogens (tertiary/aromatic N) is 1. The van der Waals surface area contributed by atoms with Crippen molar-refractivity contribution in [3.05, 3.63) is 0 Å². The first-order valence-electron chi connectivity index (χ1n) is 9.26. The molecule has 1 rings (SSSR count). The fourth-order valence-electron chi connectivity index (χ4n) is 3.28. The molecule has 0 saturated heterocycles. The second-order valence-corrected chi connectivity index (χ2v) is 7.42. The lowest BCUT2D eigenvalue weighted by Gasteiger charge is -2.36. The van der Waals surface area contributed by atoms with Gasteiger partial charge >= 0.3 is 18.0 Å². The highest BCUT2D eigenvalue weighted by Gasteiger charge is 2.35. The molecule has 11 heteroatoms. The molecule has 0 radical (unpaired) electrons. The Morgan fingerprint density at radius 2 is 1.68 bits per heavy atom. The molecule has 0 spiro atoms. The number of rotatable bonds is 10. The minimum absolute atomic E-state index is 0.0377. The van der Waals surface area contributed by atoms with Gasteiger partial charge in [0.05, 0.1) is 11.8 Å². The van der Waals surface area contributed by atoms with E-state index in [-0.39, 0.29) is 13.0 Å². The quantitative estimate of drug-likeness (QED) is 0.241. The maximum atomic E-state index is 12.0. The van der Waals surface area contributed by atoms with Crippen LogP contribution in [-0.2, 0) is 23.9 Å². The van der Waals surface area contributed by atoms with Gasteiger partial charge in [0.25, 0.3) is 0 Å². The van der Waals surface area contributed by atoms with Gasteiger partial charge in [-0.15, -0.1) is 0 Å². The lowest BCUT2D eigenvalue weighted by molar-refractivity contribution is -0.504. The first kappa shape index (κ1) is 24.1. The monoisotopic (exact) mass is 406 g/mol. The van der Waals surface area contributed by atoms with Crippen LogP contribution in [0.3, 0.4) is 0 Å². The van der Waals surface area contributed by atoms with Crippen molar-refractivity contribution in [2.45, 2.75) is 71.7 Å². The van der Waals surface area contributed by atoms with Gasteiger partial charge < -0.3 is 19.9 Å². The molecule has 162 valence electrons. The summed E-state index contributed by atoms with van der Waals surface area (Å²) in [4.78, 5) is 39.7. The smallest absolute Gasteiger partial charge is 0.410 e. The van der Waals surface area contributed by atoms with Crippen molar-refractivity contribution in [3.8, 4) is 0 Å². The van der Waals surface area contributed by atoms with Crippen LogP contribution in [0, 0.1) is 11.3 Å². The summed E-state index contributed by atoms with van der Waals surface area (Å²) in [5.41, 5.74) is -0.509. The van der Waals surface area contributed by atoms with Crippen LogP contribution in [0.2, 0.25) is 0 Å². The van der Waals surface area contributed by atoms with E-state index in [0.717, 1.165) is 19.3 Å². The molecule has 11 nitrogen and oxygen atoms in total. The maximum absolute atomic E-state index is 12.0. The number of hydrogen-bond acceptors (Lipinski definition) is 9. The minimum atomic E-state index is -1.31. The predicted octanol–water partition coefficient (Wildman–Crippen LogP) is 2.06. The molecule has 0 aromatic rings. The third-order valence-corrected chi connectivity index (χ3v) is 4.65. The van der Waals surface area contributed by atoms with Gasteiger partial charge in [-0.25, -0.2) is 14.4 Å². The standard InChI is InChI=1S/C17H30N2O9/c1-11(2)14(28-19(24)25)15(22)26-12(3)27-16(23)18-10-17(9-13(20)21)7-5-4-6-8-17/h11-12,14,24-25H,4-10H2,1-3H3,(H,18,23)(H,20,21)/t12?,14-/m0/s1. The van der Waals surface area contributed by atoms with Crippen molar-refractivity contribution in [3.63, 3.8) is 0 Å².